The van der Waals surface area contributed by atoms with Crippen molar-refractivity contribution in [1.29, 1.82) is 5.26 Å². The summed E-state index contributed by atoms with van der Waals surface area (Å²) in [7, 11) is 0. The fraction of sp³-hybridized carbons (Fsp3) is 0.750. The van der Waals surface area contributed by atoms with E-state index in [1.807, 2.05) is 6.08 Å². The molecule has 0 aromatic carbocycles. The van der Waals surface area contributed by atoms with Gasteiger partial charge in [0.15, 0.2) is 0 Å². The average molecular weight is 221 g/mol. The number of allylic oxidation sites excluding steroid dienone is 2. The maximum absolute atomic E-state index is 9.05. The van der Waals surface area contributed by atoms with Crippen molar-refractivity contribution in [3.63, 3.8) is 0 Å². The molecule has 0 N–H and O–H groups in total. The average Bonchev–Trinajstić information content (AvgIpc) is 2.25. The van der Waals surface area contributed by atoms with Crippen LogP contribution in [-0.4, -0.2) is 55.2 Å². The van der Waals surface area contributed by atoms with E-state index in [2.05, 4.69) is 22.8 Å². The van der Waals surface area contributed by atoms with Crippen LogP contribution >= 0.6 is 0 Å². The van der Waals surface area contributed by atoms with E-state index in [1.165, 1.54) is 0 Å². The predicted octanol–water partition coefficient (Wildman–Crippen LogP) is 0.820. The molecule has 2 fully saturated rings. The molecule has 16 heavy (non-hydrogen) atoms. The lowest BCUT2D eigenvalue weighted by Crippen LogP contribution is -2.56. The van der Waals surface area contributed by atoms with Gasteiger partial charge in [0.2, 0.25) is 0 Å². The van der Waals surface area contributed by atoms with E-state index < -0.39 is 0 Å². The number of hydrogen-bond acceptors (Lipinski definition) is 4. The first-order valence-electron chi connectivity index (χ1n) is 6.02. The number of nitriles is 1. The molecule has 2 rings (SSSR count). The second-order valence-electron chi connectivity index (χ2n) is 4.32. The van der Waals surface area contributed by atoms with Gasteiger partial charge in [-0.15, -0.1) is 0 Å². The van der Waals surface area contributed by atoms with Gasteiger partial charge in [-0.05, 0) is 6.42 Å². The molecule has 0 saturated carbocycles. The minimum atomic E-state index is 0.628. The summed E-state index contributed by atoms with van der Waals surface area (Å²) in [5.41, 5.74) is 0.840. The highest BCUT2D eigenvalue weighted by Crippen LogP contribution is 2.15. The van der Waals surface area contributed by atoms with Crippen LogP contribution < -0.4 is 0 Å². The summed E-state index contributed by atoms with van der Waals surface area (Å²) in [6.07, 6.45) is 2.95. The highest BCUT2D eigenvalue weighted by Gasteiger charge is 2.29. The van der Waals surface area contributed by atoms with Gasteiger partial charge in [-0.25, -0.2) is 0 Å². The minimum absolute atomic E-state index is 0.628. The van der Waals surface area contributed by atoms with Crippen LogP contribution in [0.2, 0.25) is 0 Å². The van der Waals surface area contributed by atoms with E-state index in [1.54, 1.807) is 0 Å². The van der Waals surface area contributed by atoms with Gasteiger partial charge in [0.25, 0.3) is 0 Å². The molecule has 2 aliphatic heterocycles. The molecule has 0 aromatic heterocycles. The molecular weight excluding hydrogens is 202 g/mol. The smallest absolute Gasteiger partial charge is 0.117 e. The van der Waals surface area contributed by atoms with Crippen LogP contribution in [0, 0.1) is 11.3 Å². The molecule has 4 heteroatoms. The third-order valence-corrected chi connectivity index (χ3v) is 3.30. The molecule has 2 heterocycles. The van der Waals surface area contributed by atoms with Gasteiger partial charge in [0.1, 0.15) is 11.8 Å². The SMILES string of the molecule is CC/C=C(/C#N)N1CCN(C2COC2)CC1. The number of piperazine rings is 1. The maximum atomic E-state index is 9.05. The monoisotopic (exact) mass is 221 g/mol. The molecule has 0 amide bonds. The van der Waals surface area contributed by atoms with Crippen molar-refractivity contribution in [2.24, 2.45) is 0 Å². The van der Waals surface area contributed by atoms with Gasteiger partial charge in [-0.2, -0.15) is 5.26 Å². The number of nitrogens with zero attached hydrogens (tertiary/aromatic N) is 3. The van der Waals surface area contributed by atoms with Crippen LogP contribution in [-0.2, 0) is 4.74 Å². The van der Waals surface area contributed by atoms with Crippen LogP contribution in [0.5, 0.6) is 0 Å². The Morgan fingerprint density at radius 3 is 2.50 bits per heavy atom. The summed E-state index contributed by atoms with van der Waals surface area (Å²) in [4.78, 5) is 4.67. The Morgan fingerprint density at radius 2 is 2.06 bits per heavy atom. The lowest BCUT2D eigenvalue weighted by molar-refractivity contribution is -0.0744. The molecule has 0 atom stereocenters. The summed E-state index contributed by atoms with van der Waals surface area (Å²) >= 11 is 0. The zero-order valence-corrected chi connectivity index (χ0v) is 9.85. The molecule has 2 aliphatic rings. The fourth-order valence-electron chi connectivity index (χ4n) is 2.20. The highest BCUT2D eigenvalue weighted by molar-refractivity contribution is 5.19. The van der Waals surface area contributed by atoms with Gasteiger partial charge in [-0.3, -0.25) is 4.90 Å². The van der Waals surface area contributed by atoms with Crippen molar-refractivity contribution < 1.29 is 4.74 Å². The second-order valence-corrected chi connectivity index (χ2v) is 4.32. The number of rotatable bonds is 3. The normalized spacial score (nSPS) is 24.0. The van der Waals surface area contributed by atoms with Crippen molar-refractivity contribution in [1.82, 2.24) is 9.80 Å². The van der Waals surface area contributed by atoms with Crippen LogP contribution in [0.15, 0.2) is 11.8 Å². The van der Waals surface area contributed by atoms with Crippen molar-refractivity contribution >= 4 is 0 Å². The van der Waals surface area contributed by atoms with E-state index in [-0.39, 0.29) is 0 Å². The first-order chi connectivity index (χ1) is 7.85. The van der Waals surface area contributed by atoms with E-state index in [0.717, 1.165) is 51.5 Å². The summed E-state index contributed by atoms with van der Waals surface area (Å²) in [5.74, 6) is 0. The molecule has 0 bridgehead atoms. The summed E-state index contributed by atoms with van der Waals surface area (Å²) in [6.45, 7) is 7.88. The summed E-state index contributed by atoms with van der Waals surface area (Å²) < 4.78 is 5.20. The minimum Gasteiger partial charge on any atom is -0.378 e. The fourth-order valence-corrected chi connectivity index (χ4v) is 2.20. The number of ether oxygens (including phenoxy) is 1. The van der Waals surface area contributed by atoms with Gasteiger partial charge in [-0.1, -0.05) is 13.0 Å². The molecule has 0 aliphatic carbocycles. The topological polar surface area (TPSA) is 39.5 Å². The number of hydrogen-bond donors (Lipinski definition) is 0. The van der Waals surface area contributed by atoms with Crippen molar-refractivity contribution in [2.75, 3.05) is 39.4 Å². The van der Waals surface area contributed by atoms with Crippen molar-refractivity contribution in [3.05, 3.63) is 11.8 Å². The van der Waals surface area contributed by atoms with Gasteiger partial charge < -0.3 is 9.64 Å². The Morgan fingerprint density at radius 1 is 1.38 bits per heavy atom. The Hall–Kier alpha value is -1.05. The van der Waals surface area contributed by atoms with E-state index in [0.29, 0.717) is 6.04 Å². The van der Waals surface area contributed by atoms with Crippen molar-refractivity contribution in [3.8, 4) is 6.07 Å². The van der Waals surface area contributed by atoms with E-state index in [9.17, 15) is 0 Å². The molecule has 0 radical (unpaired) electrons. The molecule has 2 saturated heterocycles. The third kappa shape index (κ3) is 2.37. The van der Waals surface area contributed by atoms with E-state index >= 15 is 0 Å². The first kappa shape index (κ1) is 11.4. The highest BCUT2D eigenvalue weighted by atomic mass is 16.5. The Kier molecular flexibility index (Phi) is 3.81. The van der Waals surface area contributed by atoms with Crippen LogP contribution in [0.25, 0.3) is 0 Å². The van der Waals surface area contributed by atoms with Crippen LogP contribution in [0.3, 0.4) is 0 Å². The van der Waals surface area contributed by atoms with Crippen LogP contribution in [0.4, 0.5) is 0 Å². The van der Waals surface area contributed by atoms with Gasteiger partial charge >= 0.3 is 0 Å². The summed E-state index contributed by atoms with van der Waals surface area (Å²) in [5, 5.41) is 9.05. The Balaban J connectivity index is 1.84. The molecular formula is C12H19N3O. The summed E-state index contributed by atoms with van der Waals surface area (Å²) in [6, 6.07) is 2.92. The standard InChI is InChI=1S/C12H19N3O/c1-2-3-11(8-13)14-4-6-15(7-5-14)12-9-16-10-12/h3,12H,2,4-7,9-10H2,1H3/b11-3-. The lowest BCUT2D eigenvalue weighted by atomic mass is 10.1. The van der Waals surface area contributed by atoms with Crippen LogP contribution in [0.1, 0.15) is 13.3 Å². The first-order valence-corrected chi connectivity index (χ1v) is 6.02. The maximum Gasteiger partial charge on any atom is 0.117 e. The molecule has 0 spiro atoms. The second kappa shape index (κ2) is 5.33. The predicted molar refractivity (Wildman–Crippen MR) is 61.7 cm³/mol. The van der Waals surface area contributed by atoms with Gasteiger partial charge in [0, 0.05) is 26.2 Å². The molecule has 4 nitrogen and oxygen atoms in total. The van der Waals surface area contributed by atoms with E-state index in [4.69, 9.17) is 10.00 Å². The molecule has 88 valence electrons. The Labute approximate surface area is 97.1 Å². The Bertz CT molecular complexity index is 296. The van der Waals surface area contributed by atoms with Crippen molar-refractivity contribution in [2.45, 2.75) is 19.4 Å². The largest absolute Gasteiger partial charge is 0.378 e. The quantitative estimate of drug-likeness (QED) is 0.661. The zero-order valence-electron chi connectivity index (χ0n) is 9.85. The zero-order chi connectivity index (χ0) is 11.4. The van der Waals surface area contributed by atoms with Gasteiger partial charge in [0.05, 0.1) is 19.3 Å². The molecule has 0 aromatic rings. The third-order valence-electron chi connectivity index (χ3n) is 3.30. The lowest BCUT2D eigenvalue weighted by Gasteiger charge is -2.42. The molecule has 0 unspecified atom stereocenters.